The van der Waals surface area contributed by atoms with Crippen LogP contribution in [-0.2, 0) is 0 Å². The van der Waals surface area contributed by atoms with Gasteiger partial charge in [0.2, 0.25) is 0 Å². The van der Waals surface area contributed by atoms with Crippen LogP contribution in [0.25, 0.3) is 0 Å². The molecule has 0 aliphatic heterocycles. The smallest absolute Gasteiger partial charge is 0.0366 e. The lowest BCUT2D eigenvalue weighted by Gasteiger charge is -2.09. The van der Waals surface area contributed by atoms with E-state index in [-0.39, 0.29) is 0 Å². The van der Waals surface area contributed by atoms with Gasteiger partial charge in [-0.1, -0.05) is 32.0 Å². The number of rotatable bonds is 3. The van der Waals surface area contributed by atoms with Gasteiger partial charge >= 0.3 is 0 Å². The molecule has 1 nitrogen and oxygen atoms in total. The van der Waals surface area contributed by atoms with Crippen molar-refractivity contribution in [3.05, 3.63) is 29.8 Å². The van der Waals surface area contributed by atoms with E-state index in [1.54, 1.807) is 0 Å². The summed E-state index contributed by atoms with van der Waals surface area (Å²) >= 11 is 1.81. The summed E-state index contributed by atoms with van der Waals surface area (Å²) in [5.74, 6) is 0. The number of hydrogen-bond acceptors (Lipinski definition) is 2. The topological polar surface area (TPSA) is 23.9 Å². The molecule has 0 aliphatic rings. The molecule has 0 amide bonds. The summed E-state index contributed by atoms with van der Waals surface area (Å²) in [7, 11) is 0. The first-order valence-corrected chi connectivity index (χ1v) is 5.30. The molecule has 0 fully saturated rings. The molecule has 0 heterocycles. The minimum atomic E-state index is 0.570. The van der Waals surface area contributed by atoms with Gasteiger partial charge in [-0.3, -0.25) is 0 Å². The summed E-state index contributed by atoms with van der Waals surface area (Å²) in [6.45, 7) is 6.17. The Morgan fingerprint density at radius 1 is 1.31 bits per heavy atom. The van der Waals surface area contributed by atoms with Crippen molar-refractivity contribution < 1.29 is 0 Å². The molecule has 70 valence electrons. The van der Waals surface area contributed by atoms with Crippen LogP contribution in [0, 0.1) is 5.41 Å². The quantitative estimate of drug-likeness (QED) is 0.576. The highest BCUT2D eigenvalue weighted by Crippen LogP contribution is 2.26. The molecule has 0 atom stereocenters. The molecule has 13 heavy (non-hydrogen) atoms. The highest BCUT2D eigenvalue weighted by Gasteiger charge is 2.05. The summed E-state index contributed by atoms with van der Waals surface area (Å²) in [6.07, 6.45) is 0. The van der Waals surface area contributed by atoms with Crippen LogP contribution in [-0.4, -0.2) is 11.0 Å². The second kappa shape index (κ2) is 4.47. The van der Waals surface area contributed by atoms with Crippen molar-refractivity contribution in [3.8, 4) is 0 Å². The van der Waals surface area contributed by atoms with Gasteiger partial charge in [-0.15, -0.1) is 11.8 Å². The Hall–Kier alpha value is -0.760. The number of hydrogen-bond donors (Lipinski definition) is 1. The second-order valence-corrected chi connectivity index (χ2v) is 4.91. The van der Waals surface area contributed by atoms with Gasteiger partial charge < -0.3 is 5.41 Å². The van der Waals surface area contributed by atoms with E-state index >= 15 is 0 Å². The second-order valence-electron chi connectivity index (χ2n) is 3.29. The van der Waals surface area contributed by atoms with Gasteiger partial charge in [0.05, 0.1) is 0 Å². The molecule has 1 N–H and O–H groups in total. The summed E-state index contributed by atoms with van der Waals surface area (Å²) in [5.41, 5.74) is 1.70. The van der Waals surface area contributed by atoms with Crippen LogP contribution in [0.1, 0.15) is 26.3 Å². The summed E-state index contributed by atoms with van der Waals surface area (Å²) in [5, 5.41) is 8.18. The van der Waals surface area contributed by atoms with Crippen molar-refractivity contribution >= 4 is 17.5 Å². The molecule has 0 spiro atoms. The molecule has 2 heteroatoms. The number of benzene rings is 1. The van der Waals surface area contributed by atoms with Crippen molar-refractivity contribution in [2.75, 3.05) is 0 Å². The van der Waals surface area contributed by atoms with E-state index in [0.717, 1.165) is 5.56 Å². The molecule has 0 bridgehead atoms. The Labute approximate surface area is 84.1 Å². The molecule has 0 aromatic heterocycles. The first-order valence-electron chi connectivity index (χ1n) is 4.42. The Morgan fingerprint density at radius 3 is 2.46 bits per heavy atom. The highest BCUT2D eigenvalue weighted by atomic mass is 32.2. The average Bonchev–Trinajstić information content (AvgIpc) is 2.03. The van der Waals surface area contributed by atoms with E-state index in [1.807, 2.05) is 36.9 Å². The SMILES string of the molecule is CC(=N)c1ccccc1SC(C)C. The summed E-state index contributed by atoms with van der Waals surface area (Å²) < 4.78 is 0. The van der Waals surface area contributed by atoms with E-state index in [0.29, 0.717) is 11.0 Å². The van der Waals surface area contributed by atoms with Crippen LogP contribution in [0.2, 0.25) is 0 Å². The Bertz CT molecular complexity index is 305. The predicted octanol–water partition coefficient (Wildman–Crippen LogP) is 3.57. The zero-order chi connectivity index (χ0) is 9.84. The maximum Gasteiger partial charge on any atom is 0.0366 e. The molecule has 1 aromatic carbocycles. The van der Waals surface area contributed by atoms with Crippen LogP contribution in [0.4, 0.5) is 0 Å². The van der Waals surface area contributed by atoms with Gasteiger partial charge in [0.25, 0.3) is 0 Å². The fraction of sp³-hybridized carbons (Fsp3) is 0.364. The maximum absolute atomic E-state index is 7.61. The van der Waals surface area contributed by atoms with E-state index in [1.165, 1.54) is 4.90 Å². The number of nitrogens with one attached hydrogen (secondary N) is 1. The van der Waals surface area contributed by atoms with E-state index in [9.17, 15) is 0 Å². The maximum atomic E-state index is 7.61. The molecule has 1 aromatic rings. The third-order valence-corrected chi connectivity index (χ3v) is 2.74. The third kappa shape index (κ3) is 2.88. The summed E-state index contributed by atoms with van der Waals surface area (Å²) in [6, 6.07) is 8.10. The van der Waals surface area contributed by atoms with E-state index in [2.05, 4.69) is 19.9 Å². The van der Waals surface area contributed by atoms with Crippen molar-refractivity contribution in [2.24, 2.45) is 0 Å². The van der Waals surface area contributed by atoms with Crippen LogP contribution in [0.3, 0.4) is 0 Å². The van der Waals surface area contributed by atoms with Gasteiger partial charge in [0.15, 0.2) is 0 Å². The molecule has 0 unspecified atom stereocenters. The fourth-order valence-electron chi connectivity index (χ4n) is 1.13. The van der Waals surface area contributed by atoms with Crippen LogP contribution < -0.4 is 0 Å². The monoisotopic (exact) mass is 193 g/mol. The zero-order valence-electron chi connectivity index (χ0n) is 8.29. The van der Waals surface area contributed by atoms with Crippen LogP contribution >= 0.6 is 11.8 Å². The van der Waals surface area contributed by atoms with Gasteiger partial charge in [-0.25, -0.2) is 0 Å². The van der Waals surface area contributed by atoms with Crippen LogP contribution in [0.5, 0.6) is 0 Å². The largest absolute Gasteiger partial charge is 0.305 e. The van der Waals surface area contributed by atoms with Gasteiger partial charge in [0.1, 0.15) is 0 Å². The molecular weight excluding hydrogens is 178 g/mol. The van der Waals surface area contributed by atoms with Crippen molar-refractivity contribution in [1.82, 2.24) is 0 Å². The lowest BCUT2D eigenvalue weighted by molar-refractivity contribution is 1.11. The highest BCUT2D eigenvalue weighted by molar-refractivity contribution is 8.00. The average molecular weight is 193 g/mol. The van der Waals surface area contributed by atoms with Gasteiger partial charge in [0, 0.05) is 21.4 Å². The summed E-state index contributed by atoms with van der Waals surface area (Å²) in [4.78, 5) is 1.21. The predicted molar refractivity (Wildman–Crippen MR) is 59.9 cm³/mol. The van der Waals surface area contributed by atoms with Gasteiger partial charge in [-0.05, 0) is 13.0 Å². The van der Waals surface area contributed by atoms with Gasteiger partial charge in [-0.2, -0.15) is 0 Å². The molecular formula is C11H15NS. The Balaban J connectivity index is 2.98. The molecule has 0 aliphatic carbocycles. The first-order chi connectivity index (χ1) is 6.11. The number of thioether (sulfide) groups is 1. The molecule has 0 saturated carbocycles. The van der Waals surface area contributed by atoms with Crippen LogP contribution in [0.15, 0.2) is 29.2 Å². The Kier molecular flexibility index (Phi) is 3.55. The fourth-order valence-corrected chi connectivity index (χ4v) is 2.15. The normalized spacial score (nSPS) is 10.5. The van der Waals surface area contributed by atoms with E-state index < -0.39 is 0 Å². The molecule has 0 saturated heterocycles. The zero-order valence-corrected chi connectivity index (χ0v) is 9.11. The Morgan fingerprint density at radius 2 is 1.92 bits per heavy atom. The molecule has 0 radical (unpaired) electrons. The lowest BCUT2D eigenvalue weighted by Crippen LogP contribution is -1.96. The molecule has 1 rings (SSSR count). The van der Waals surface area contributed by atoms with Crippen molar-refractivity contribution in [2.45, 2.75) is 30.9 Å². The lowest BCUT2D eigenvalue weighted by atomic mass is 10.1. The van der Waals surface area contributed by atoms with Crippen molar-refractivity contribution in [1.29, 1.82) is 5.41 Å². The van der Waals surface area contributed by atoms with E-state index in [4.69, 9.17) is 5.41 Å². The minimum absolute atomic E-state index is 0.570. The van der Waals surface area contributed by atoms with Crippen molar-refractivity contribution in [3.63, 3.8) is 0 Å². The first kappa shape index (κ1) is 10.3. The third-order valence-electron chi connectivity index (χ3n) is 1.65. The standard InChI is InChI=1S/C11H15NS/c1-8(2)13-11-7-5-4-6-10(11)9(3)12/h4-8,12H,1-3H3. The minimum Gasteiger partial charge on any atom is -0.305 e.